The number of phenolic OH excluding ortho intramolecular Hbond substituents is 1. The monoisotopic (exact) mass is 315 g/mol. The fraction of sp³-hybridized carbons (Fsp3) is 0.684. The first-order valence-electron chi connectivity index (χ1n) is 9.02. The number of hydrogen-bond donors (Lipinski definition) is 3. The Bertz CT molecular complexity index is 671. The van der Waals surface area contributed by atoms with Crippen LogP contribution in [0, 0.1) is 5.92 Å². The molecule has 0 aromatic heterocycles. The first-order valence-corrected chi connectivity index (χ1v) is 9.02. The number of ether oxygens (including phenoxy) is 1. The molecule has 0 unspecified atom stereocenters. The van der Waals surface area contributed by atoms with Crippen LogP contribution in [0.3, 0.4) is 0 Å². The largest absolute Gasteiger partial charge is 0.504 e. The van der Waals surface area contributed by atoms with E-state index in [9.17, 15) is 10.2 Å². The van der Waals surface area contributed by atoms with Crippen molar-refractivity contribution in [2.45, 2.75) is 68.6 Å². The normalized spacial score (nSPS) is 40.6. The molecule has 3 N–H and O–H groups in total. The number of aromatic hydroxyl groups is 1. The molecule has 0 radical (unpaired) electrons. The number of benzene rings is 1. The number of aliphatic hydroxyl groups is 1. The third-order valence-electron chi connectivity index (χ3n) is 6.92. The molecule has 4 atom stereocenters. The second kappa shape index (κ2) is 4.42. The Morgan fingerprint density at radius 2 is 2.13 bits per heavy atom. The minimum absolute atomic E-state index is 0.0335. The molecule has 2 fully saturated rings. The summed E-state index contributed by atoms with van der Waals surface area (Å²) in [6.45, 7) is 3.16. The number of rotatable bonds is 3. The van der Waals surface area contributed by atoms with E-state index in [0.717, 1.165) is 43.7 Å². The predicted octanol–water partition coefficient (Wildman–Crippen LogP) is 2.25. The van der Waals surface area contributed by atoms with Crippen LogP contribution in [-0.4, -0.2) is 34.5 Å². The fourth-order valence-corrected chi connectivity index (χ4v) is 5.35. The molecule has 4 nitrogen and oxygen atoms in total. The molecule has 1 aromatic carbocycles. The Morgan fingerprint density at radius 1 is 1.30 bits per heavy atom. The van der Waals surface area contributed by atoms with Crippen LogP contribution in [0.4, 0.5) is 0 Å². The third-order valence-corrected chi connectivity index (χ3v) is 6.92. The Morgan fingerprint density at radius 3 is 2.91 bits per heavy atom. The predicted molar refractivity (Wildman–Crippen MR) is 86.9 cm³/mol. The summed E-state index contributed by atoms with van der Waals surface area (Å²) in [6.07, 6.45) is 6.14. The Labute approximate surface area is 136 Å². The van der Waals surface area contributed by atoms with Gasteiger partial charge in [0, 0.05) is 11.6 Å². The van der Waals surface area contributed by atoms with Crippen LogP contribution in [-0.2, 0) is 11.8 Å². The summed E-state index contributed by atoms with van der Waals surface area (Å²) < 4.78 is 6.15. The molecule has 4 heteroatoms. The standard InChI is InChI=1S/C19H25NO3/c1-18-15-3-2-8-19(18,22)14(20-10-11-4-5-11)9-12-6-7-13(21)17(23-15)16(12)18/h6-7,11,14-15,20-22H,2-5,8-10H2,1H3/t14-,15+,18-,19-/m0/s1. The van der Waals surface area contributed by atoms with Gasteiger partial charge in [-0.25, -0.2) is 0 Å². The number of nitrogens with one attached hydrogen (secondary N) is 1. The summed E-state index contributed by atoms with van der Waals surface area (Å²) in [5.74, 6) is 1.63. The van der Waals surface area contributed by atoms with Crippen molar-refractivity contribution in [2.24, 2.45) is 5.92 Å². The van der Waals surface area contributed by atoms with Crippen molar-refractivity contribution in [1.82, 2.24) is 5.32 Å². The van der Waals surface area contributed by atoms with E-state index < -0.39 is 11.0 Å². The van der Waals surface area contributed by atoms with E-state index in [1.54, 1.807) is 6.07 Å². The topological polar surface area (TPSA) is 61.7 Å². The average Bonchev–Trinajstić information content (AvgIpc) is 3.29. The zero-order valence-electron chi connectivity index (χ0n) is 13.6. The molecular formula is C19H25NO3. The van der Waals surface area contributed by atoms with Gasteiger partial charge in [0.15, 0.2) is 11.5 Å². The second-order valence-electron chi connectivity index (χ2n) is 8.18. The molecule has 124 valence electrons. The van der Waals surface area contributed by atoms with E-state index in [2.05, 4.69) is 12.2 Å². The molecule has 0 spiro atoms. The van der Waals surface area contributed by atoms with Gasteiger partial charge < -0.3 is 20.3 Å². The van der Waals surface area contributed by atoms with Crippen molar-refractivity contribution >= 4 is 0 Å². The Kier molecular flexibility index (Phi) is 2.71. The lowest BCUT2D eigenvalue weighted by atomic mass is 9.53. The van der Waals surface area contributed by atoms with Gasteiger partial charge in [0.2, 0.25) is 0 Å². The molecule has 0 saturated heterocycles. The van der Waals surface area contributed by atoms with Crippen molar-refractivity contribution in [1.29, 1.82) is 0 Å². The highest BCUT2D eigenvalue weighted by Gasteiger charge is 2.66. The summed E-state index contributed by atoms with van der Waals surface area (Å²) in [5.41, 5.74) is 1.07. The molecule has 1 aromatic rings. The maximum atomic E-state index is 11.8. The molecule has 4 aliphatic rings. The van der Waals surface area contributed by atoms with Crippen molar-refractivity contribution in [3.05, 3.63) is 23.3 Å². The lowest BCUT2D eigenvalue weighted by molar-refractivity contribution is -0.125. The van der Waals surface area contributed by atoms with Gasteiger partial charge in [-0.15, -0.1) is 0 Å². The fourth-order valence-electron chi connectivity index (χ4n) is 5.35. The van der Waals surface area contributed by atoms with E-state index in [1.807, 2.05) is 6.07 Å². The Balaban J connectivity index is 1.63. The van der Waals surface area contributed by atoms with Gasteiger partial charge >= 0.3 is 0 Å². The summed E-state index contributed by atoms with van der Waals surface area (Å²) in [4.78, 5) is 0. The van der Waals surface area contributed by atoms with Crippen molar-refractivity contribution < 1.29 is 14.9 Å². The first-order chi connectivity index (χ1) is 11.0. The molecule has 1 aliphatic heterocycles. The van der Waals surface area contributed by atoms with E-state index in [0.29, 0.717) is 5.75 Å². The maximum Gasteiger partial charge on any atom is 0.165 e. The van der Waals surface area contributed by atoms with Crippen molar-refractivity contribution in [3.63, 3.8) is 0 Å². The lowest BCUT2D eigenvalue weighted by Gasteiger charge is -2.55. The molecule has 3 aliphatic carbocycles. The highest BCUT2D eigenvalue weighted by atomic mass is 16.5. The number of hydrogen-bond acceptors (Lipinski definition) is 4. The van der Waals surface area contributed by atoms with E-state index >= 15 is 0 Å². The van der Waals surface area contributed by atoms with Crippen LogP contribution in [0.5, 0.6) is 11.5 Å². The maximum absolute atomic E-state index is 11.8. The smallest absolute Gasteiger partial charge is 0.165 e. The zero-order valence-corrected chi connectivity index (χ0v) is 13.6. The van der Waals surface area contributed by atoms with Gasteiger partial charge in [0.25, 0.3) is 0 Å². The van der Waals surface area contributed by atoms with Crippen LogP contribution >= 0.6 is 0 Å². The van der Waals surface area contributed by atoms with Crippen LogP contribution in [0.25, 0.3) is 0 Å². The van der Waals surface area contributed by atoms with Gasteiger partial charge in [-0.05, 0) is 69.5 Å². The molecule has 0 amide bonds. The van der Waals surface area contributed by atoms with Gasteiger partial charge in [-0.1, -0.05) is 6.07 Å². The first kappa shape index (κ1) is 14.1. The van der Waals surface area contributed by atoms with Crippen LogP contribution in [0.15, 0.2) is 12.1 Å². The molecule has 2 saturated carbocycles. The van der Waals surface area contributed by atoms with Gasteiger partial charge in [0.05, 0.1) is 11.0 Å². The van der Waals surface area contributed by atoms with Crippen LogP contribution < -0.4 is 10.1 Å². The van der Waals surface area contributed by atoms with Crippen molar-refractivity contribution in [3.8, 4) is 11.5 Å². The van der Waals surface area contributed by atoms with Gasteiger partial charge in [-0.3, -0.25) is 0 Å². The lowest BCUT2D eigenvalue weighted by Crippen LogP contribution is -2.69. The van der Waals surface area contributed by atoms with E-state index in [4.69, 9.17) is 4.74 Å². The van der Waals surface area contributed by atoms with Gasteiger partial charge in [-0.2, -0.15) is 0 Å². The third kappa shape index (κ3) is 1.69. The second-order valence-corrected chi connectivity index (χ2v) is 8.18. The summed E-state index contributed by atoms with van der Waals surface area (Å²) in [6, 6.07) is 3.84. The highest BCUT2D eigenvalue weighted by Crippen LogP contribution is 2.61. The SMILES string of the molecule is C[C@@]12c3c4ccc(O)c3O[C@@H]1CCC[C@]2(O)[C@@H](NCC1CC1)C4. The van der Waals surface area contributed by atoms with E-state index in [-0.39, 0.29) is 17.9 Å². The van der Waals surface area contributed by atoms with Gasteiger partial charge in [0.1, 0.15) is 6.10 Å². The quantitative estimate of drug-likeness (QED) is 0.801. The van der Waals surface area contributed by atoms with Crippen molar-refractivity contribution in [2.75, 3.05) is 6.54 Å². The summed E-state index contributed by atoms with van der Waals surface area (Å²) >= 11 is 0. The molecule has 5 rings (SSSR count). The molecule has 1 heterocycles. The average molecular weight is 315 g/mol. The zero-order chi connectivity index (χ0) is 15.8. The van der Waals surface area contributed by atoms with Crippen LogP contribution in [0.1, 0.15) is 50.2 Å². The highest BCUT2D eigenvalue weighted by molar-refractivity contribution is 5.61. The van der Waals surface area contributed by atoms with E-state index in [1.165, 1.54) is 18.4 Å². The molecule has 23 heavy (non-hydrogen) atoms. The van der Waals surface area contributed by atoms with Crippen LogP contribution in [0.2, 0.25) is 0 Å². The number of phenols is 1. The minimum Gasteiger partial charge on any atom is -0.504 e. The summed E-state index contributed by atoms with van der Waals surface area (Å²) in [5, 5.41) is 25.7. The molecule has 0 bridgehead atoms. The molecular weight excluding hydrogens is 290 g/mol. The Hall–Kier alpha value is -1.26. The summed E-state index contributed by atoms with van der Waals surface area (Å²) in [7, 11) is 0. The minimum atomic E-state index is -0.795.